The minimum atomic E-state index is -0.178. The Morgan fingerprint density at radius 2 is 1.65 bits per heavy atom. The Bertz CT molecular complexity index is 436. The average molecular weight is 298 g/mol. The van der Waals surface area contributed by atoms with Gasteiger partial charge in [-0.05, 0) is 30.5 Å². The second-order valence-electron chi connectivity index (χ2n) is 4.54. The number of allylic oxidation sites excluding steroid dienone is 2. The topological polar surface area (TPSA) is 44.5 Å². The third-order valence-corrected chi connectivity index (χ3v) is 3.46. The minimum Gasteiger partial charge on any atom is -0.493 e. The highest BCUT2D eigenvalue weighted by molar-refractivity contribution is 5.85. The number of hydrogen-bond donors (Lipinski definition) is 1. The van der Waals surface area contributed by atoms with Gasteiger partial charge in [-0.2, -0.15) is 0 Å². The molecular formula is C16H24ClNO2. The number of methoxy groups -OCH3 is 2. The molecule has 0 aliphatic rings. The summed E-state index contributed by atoms with van der Waals surface area (Å²) in [6, 6.07) is 5.92. The molecule has 0 fully saturated rings. The van der Waals surface area contributed by atoms with Crippen molar-refractivity contribution in [1.82, 2.24) is 0 Å². The normalized spacial score (nSPS) is 10.3. The smallest absolute Gasteiger partial charge is 0.161 e. The summed E-state index contributed by atoms with van der Waals surface area (Å²) in [7, 11) is 3.26. The lowest BCUT2D eigenvalue weighted by molar-refractivity contribution is 0.352. The van der Waals surface area contributed by atoms with Gasteiger partial charge in [0.25, 0.3) is 0 Å². The van der Waals surface area contributed by atoms with E-state index in [1.54, 1.807) is 14.2 Å². The van der Waals surface area contributed by atoms with Crippen LogP contribution in [0.1, 0.15) is 18.4 Å². The van der Waals surface area contributed by atoms with Crippen LogP contribution >= 0.6 is 12.4 Å². The fraction of sp³-hybridized carbons (Fsp3) is 0.375. The quantitative estimate of drug-likeness (QED) is 0.747. The van der Waals surface area contributed by atoms with Gasteiger partial charge in [0, 0.05) is 12.0 Å². The number of ether oxygens (including phenoxy) is 2. The van der Waals surface area contributed by atoms with Gasteiger partial charge in [0.15, 0.2) is 11.5 Å². The molecule has 0 bridgehead atoms. The van der Waals surface area contributed by atoms with Crippen LogP contribution in [0.15, 0.2) is 43.5 Å². The Hall–Kier alpha value is -1.45. The van der Waals surface area contributed by atoms with Crippen molar-refractivity contribution in [3.8, 4) is 11.5 Å². The zero-order valence-electron chi connectivity index (χ0n) is 12.2. The summed E-state index contributed by atoms with van der Waals surface area (Å²) in [5.74, 6) is 1.43. The van der Waals surface area contributed by atoms with E-state index < -0.39 is 0 Å². The molecule has 0 saturated carbocycles. The summed E-state index contributed by atoms with van der Waals surface area (Å²) in [5.41, 5.74) is 6.95. The van der Waals surface area contributed by atoms with E-state index in [9.17, 15) is 0 Å². The molecule has 0 radical (unpaired) electrons. The van der Waals surface area contributed by atoms with E-state index in [-0.39, 0.29) is 17.8 Å². The van der Waals surface area contributed by atoms with Crippen LogP contribution in [-0.4, -0.2) is 20.8 Å². The molecule has 0 aliphatic heterocycles. The van der Waals surface area contributed by atoms with E-state index in [1.807, 2.05) is 30.4 Å². The van der Waals surface area contributed by atoms with Crippen molar-refractivity contribution in [2.75, 3.05) is 20.8 Å². The van der Waals surface area contributed by atoms with Crippen LogP contribution in [0.4, 0.5) is 0 Å². The third kappa shape index (κ3) is 3.78. The van der Waals surface area contributed by atoms with Crippen molar-refractivity contribution in [2.24, 2.45) is 5.73 Å². The molecule has 1 aromatic carbocycles. The molecule has 0 saturated heterocycles. The molecule has 3 nitrogen and oxygen atoms in total. The largest absolute Gasteiger partial charge is 0.493 e. The molecule has 1 aromatic rings. The summed E-state index contributed by atoms with van der Waals surface area (Å²) >= 11 is 0. The molecular weight excluding hydrogens is 274 g/mol. The van der Waals surface area contributed by atoms with Crippen molar-refractivity contribution in [1.29, 1.82) is 0 Å². The molecule has 0 atom stereocenters. The molecule has 0 aliphatic carbocycles. The number of benzene rings is 1. The van der Waals surface area contributed by atoms with Crippen molar-refractivity contribution in [2.45, 2.75) is 18.3 Å². The van der Waals surface area contributed by atoms with E-state index in [1.165, 1.54) is 0 Å². The predicted octanol–water partition coefficient (Wildman–Crippen LogP) is 3.47. The Kier molecular flexibility index (Phi) is 8.04. The molecule has 112 valence electrons. The number of rotatable bonds is 8. The van der Waals surface area contributed by atoms with Crippen molar-refractivity contribution >= 4 is 12.4 Å². The standard InChI is InChI=1S/C16H23NO2.ClH/c1-5-9-16(12-17,10-6-2)13-7-8-14(18-3)15(11-13)19-4;/h5-8,11H,1-2,9-10,12,17H2,3-4H3;1H. The maximum Gasteiger partial charge on any atom is 0.161 e. The van der Waals surface area contributed by atoms with Gasteiger partial charge in [-0.3, -0.25) is 0 Å². The predicted molar refractivity (Wildman–Crippen MR) is 87.2 cm³/mol. The summed E-state index contributed by atoms with van der Waals surface area (Å²) < 4.78 is 10.6. The third-order valence-electron chi connectivity index (χ3n) is 3.46. The molecule has 0 spiro atoms. The van der Waals surface area contributed by atoms with Gasteiger partial charge in [0.1, 0.15) is 0 Å². The highest BCUT2D eigenvalue weighted by atomic mass is 35.5. The SMILES string of the molecule is C=CCC(CN)(CC=C)c1ccc(OC)c(OC)c1.Cl. The zero-order chi connectivity index (χ0) is 14.3. The van der Waals surface area contributed by atoms with E-state index in [2.05, 4.69) is 13.2 Å². The Balaban J connectivity index is 0.00000361. The zero-order valence-corrected chi connectivity index (χ0v) is 13.0. The van der Waals surface area contributed by atoms with Gasteiger partial charge in [-0.15, -0.1) is 25.6 Å². The maximum atomic E-state index is 6.01. The summed E-state index contributed by atoms with van der Waals surface area (Å²) in [6.45, 7) is 8.19. The van der Waals surface area contributed by atoms with Crippen molar-refractivity contribution < 1.29 is 9.47 Å². The monoisotopic (exact) mass is 297 g/mol. The second kappa shape index (κ2) is 8.67. The van der Waals surface area contributed by atoms with Crippen LogP contribution in [-0.2, 0) is 5.41 Å². The molecule has 0 heterocycles. The van der Waals surface area contributed by atoms with Crippen LogP contribution in [0, 0.1) is 0 Å². The average Bonchev–Trinajstić information content (AvgIpc) is 2.46. The summed E-state index contributed by atoms with van der Waals surface area (Å²) in [5, 5.41) is 0. The van der Waals surface area contributed by atoms with Gasteiger partial charge in [0.05, 0.1) is 14.2 Å². The fourth-order valence-electron chi connectivity index (χ4n) is 2.32. The molecule has 4 heteroatoms. The van der Waals surface area contributed by atoms with Crippen LogP contribution in [0.3, 0.4) is 0 Å². The lowest BCUT2D eigenvalue weighted by atomic mass is 9.75. The first kappa shape index (κ1) is 18.6. The number of nitrogens with two attached hydrogens (primary N) is 1. The first-order valence-electron chi connectivity index (χ1n) is 6.31. The summed E-state index contributed by atoms with van der Waals surface area (Å²) in [6.07, 6.45) is 5.39. The molecule has 2 N–H and O–H groups in total. The summed E-state index contributed by atoms with van der Waals surface area (Å²) in [4.78, 5) is 0. The minimum absolute atomic E-state index is 0. The number of hydrogen-bond acceptors (Lipinski definition) is 3. The molecule has 20 heavy (non-hydrogen) atoms. The van der Waals surface area contributed by atoms with Gasteiger partial charge < -0.3 is 15.2 Å². The Labute approximate surface area is 127 Å². The van der Waals surface area contributed by atoms with E-state index in [4.69, 9.17) is 15.2 Å². The Morgan fingerprint density at radius 3 is 2.05 bits per heavy atom. The second-order valence-corrected chi connectivity index (χ2v) is 4.54. The first-order chi connectivity index (χ1) is 9.17. The van der Waals surface area contributed by atoms with Crippen LogP contribution in [0.2, 0.25) is 0 Å². The lowest BCUT2D eigenvalue weighted by Crippen LogP contribution is -2.34. The molecule has 1 rings (SSSR count). The molecule has 0 amide bonds. The van der Waals surface area contributed by atoms with Gasteiger partial charge in [0.2, 0.25) is 0 Å². The van der Waals surface area contributed by atoms with Crippen molar-refractivity contribution in [3.63, 3.8) is 0 Å². The van der Waals surface area contributed by atoms with E-state index in [0.717, 1.165) is 24.2 Å². The molecule has 0 unspecified atom stereocenters. The van der Waals surface area contributed by atoms with E-state index >= 15 is 0 Å². The highest BCUT2D eigenvalue weighted by Crippen LogP contribution is 2.37. The maximum absolute atomic E-state index is 6.01. The Morgan fingerprint density at radius 1 is 1.10 bits per heavy atom. The highest BCUT2D eigenvalue weighted by Gasteiger charge is 2.29. The van der Waals surface area contributed by atoms with E-state index in [0.29, 0.717) is 12.3 Å². The van der Waals surface area contributed by atoms with Gasteiger partial charge in [-0.25, -0.2) is 0 Å². The van der Waals surface area contributed by atoms with Gasteiger partial charge >= 0.3 is 0 Å². The molecule has 0 aromatic heterocycles. The lowest BCUT2D eigenvalue weighted by Gasteiger charge is -2.31. The van der Waals surface area contributed by atoms with Crippen LogP contribution < -0.4 is 15.2 Å². The first-order valence-corrected chi connectivity index (χ1v) is 6.31. The van der Waals surface area contributed by atoms with Crippen LogP contribution in [0.25, 0.3) is 0 Å². The van der Waals surface area contributed by atoms with Crippen LogP contribution in [0.5, 0.6) is 11.5 Å². The number of halogens is 1. The fourth-order valence-corrected chi connectivity index (χ4v) is 2.32. The van der Waals surface area contributed by atoms with Crippen molar-refractivity contribution in [3.05, 3.63) is 49.1 Å². The van der Waals surface area contributed by atoms with Gasteiger partial charge in [-0.1, -0.05) is 18.2 Å².